The number of rotatable bonds is 6. The molecule has 3 nitrogen and oxygen atoms in total. The first-order chi connectivity index (χ1) is 12.3. The molecule has 7 heteroatoms. The van der Waals surface area contributed by atoms with Gasteiger partial charge in [-0.15, -0.1) is 11.3 Å². The molecule has 1 aromatic heterocycles. The summed E-state index contributed by atoms with van der Waals surface area (Å²) in [6, 6.07) is 4.06. The van der Waals surface area contributed by atoms with E-state index < -0.39 is 5.82 Å². The number of hydrogen-bond donors (Lipinski definition) is 1. The van der Waals surface area contributed by atoms with Crippen LogP contribution in [0, 0.1) is 5.82 Å². The van der Waals surface area contributed by atoms with Crippen molar-refractivity contribution in [2.45, 2.75) is 53.0 Å². The van der Waals surface area contributed by atoms with E-state index in [1.807, 2.05) is 13.8 Å². The van der Waals surface area contributed by atoms with E-state index in [2.05, 4.69) is 24.1 Å². The van der Waals surface area contributed by atoms with Crippen molar-refractivity contribution in [3.63, 3.8) is 0 Å². The second kappa shape index (κ2) is 11.4. The average molecular weight is 415 g/mol. The van der Waals surface area contributed by atoms with Gasteiger partial charge in [-0.1, -0.05) is 57.4 Å². The third-order valence-electron chi connectivity index (χ3n) is 3.21. The highest BCUT2D eigenvalue weighted by Gasteiger charge is 2.17. The van der Waals surface area contributed by atoms with Gasteiger partial charge in [-0.2, -0.15) is 0 Å². The smallest absolute Gasteiger partial charge is 0.263 e. The van der Waals surface area contributed by atoms with Crippen LogP contribution >= 0.6 is 35.2 Å². The Morgan fingerprint density at radius 3 is 2.54 bits per heavy atom. The summed E-state index contributed by atoms with van der Waals surface area (Å²) >= 11 is 12.2. The van der Waals surface area contributed by atoms with Crippen molar-refractivity contribution in [1.82, 2.24) is 10.3 Å². The number of carbonyl (C=O) groups excluding carboxylic acids is 1. The molecular weight excluding hydrogens is 391 g/mol. The van der Waals surface area contributed by atoms with Crippen molar-refractivity contribution in [1.29, 1.82) is 0 Å². The van der Waals surface area contributed by atoms with E-state index in [1.165, 1.54) is 36.1 Å². The Bertz CT molecular complexity index is 729. The summed E-state index contributed by atoms with van der Waals surface area (Å²) < 4.78 is 13.4. The van der Waals surface area contributed by atoms with Crippen molar-refractivity contribution in [3.05, 3.63) is 40.1 Å². The van der Waals surface area contributed by atoms with Crippen LogP contribution in [0.4, 0.5) is 4.39 Å². The van der Waals surface area contributed by atoms with Gasteiger partial charge in [0.05, 0.1) is 12.2 Å². The summed E-state index contributed by atoms with van der Waals surface area (Å²) in [5.41, 5.74) is 0.551. The fourth-order valence-electron chi connectivity index (χ4n) is 2.08. The van der Waals surface area contributed by atoms with E-state index in [4.69, 9.17) is 23.8 Å². The molecule has 0 unspecified atom stereocenters. The quantitative estimate of drug-likeness (QED) is 0.563. The van der Waals surface area contributed by atoms with Gasteiger partial charge in [-0.05, 0) is 31.5 Å². The van der Waals surface area contributed by atoms with Crippen molar-refractivity contribution in [2.24, 2.45) is 0 Å². The Morgan fingerprint density at radius 1 is 1.35 bits per heavy atom. The zero-order valence-corrected chi connectivity index (χ0v) is 17.8. The van der Waals surface area contributed by atoms with E-state index in [0.717, 1.165) is 17.7 Å². The van der Waals surface area contributed by atoms with Gasteiger partial charge in [0.1, 0.15) is 15.7 Å². The van der Waals surface area contributed by atoms with Crippen molar-refractivity contribution in [3.8, 4) is 10.6 Å². The summed E-state index contributed by atoms with van der Waals surface area (Å²) in [6.45, 7) is 8.11. The first-order valence-electron chi connectivity index (χ1n) is 8.55. The molecule has 1 aromatic carbocycles. The lowest BCUT2D eigenvalue weighted by Gasteiger charge is -2.16. The van der Waals surface area contributed by atoms with E-state index in [1.54, 1.807) is 6.07 Å². The maximum absolute atomic E-state index is 13.4. The predicted molar refractivity (Wildman–Crippen MR) is 113 cm³/mol. The van der Waals surface area contributed by atoms with Gasteiger partial charge >= 0.3 is 0 Å². The summed E-state index contributed by atoms with van der Waals surface area (Å²) in [5.74, 6) is -0.660. The highest BCUT2D eigenvalue weighted by atomic mass is 35.5. The molecule has 2 rings (SSSR count). The molecule has 0 aliphatic rings. The number of hydrogen-bond acceptors (Lipinski definition) is 4. The fourth-order valence-corrected chi connectivity index (χ4v) is 3.29. The average Bonchev–Trinajstić information content (AvgIpc) is 3.04. The Labute approximate surface area is 169 Å². The second-order valence-corrected chi connectivity index (χ2v) is 7.93. The van der Waals surface area contributed by atoms with Gasteiger partial charge in [0, 0.05) is 15.5 Å². The van der Waals surface area contributed by atoms with Crippen molar-refractivity contribution in [2.75, 3.05) is 0 Å². The van der Waals surface area contributed by atoms with Gasteiger partial charge in [0.2, 0.25) is 0 Å². The molecule has 0 saturated carbocycles. The van der Waals surface area contributed by atoms with Crippen LogP contribution in [0.2, 0.25) is 5.02 Å². The molecular formula is C19H24ClFN2OS2. The summed E-state index contributed by atoms with van der Waals surface area (Å²) in [7, 11) is 0. The molecule has 0 spiro atoms. The van der Waals surface area contributed by atoms with Crippen molar-refractivity contribution >= 4 is 45.9 Å². The zero-order chi connectivity index (χ0) is 19.7. The molecule has 0 fully saturated rings. The molecule has 1 N–H and O–H groups in total. The van der Waals surface area contributed by atoms with E-state index in [-0.39, 0.29) is 11.9 Å². The molecule has 0 bridgehead atoms. The summed E-state index contributed by atoms with van der Waals surface area (Å²) in [4.78, 5) is 17.7. The highest BCUT2D eigenvalue weighted by molar-refractivity contribution is 7.80. The second-order valence-electron chi connectivity index (χ2n) is 5.82. The molecule has 0 aliphatic heterocycles. The largest absolute Gasteiger partial charge is 0.344 e. The minimum atomic E-state index is -0.437. The van der Waals surface area contributed by atoms with Gasteiger partial charge in [-0.25, -0.2) is 9.37 Å². The lowest BCUT2D eigenvalue weighted by atomic mass is 10.1. The lowest BCUT2D eigenvalue weighted by Crippen LogP contribution is -2.38. The monoisotopic (exact) mass is 414 g/mol. The SMILES string of the molecule is CCC.CCC[C@H](NC(=O)c1cnc(-c2cc(F)cc(Cl)c2)s1)C(C)=S. The first kappa shape index (κ1) is 22.7. The van der Waals surface area contributed by atoms with Crippen LogP contribution in [-0.4, -0.2) is 21.8 Å². The van der Waals surface area contributed by atoms with Crippen LogP contribution in [0.1, 0.15) is 56.6 Å². The normalized spacial score (nSPS) is 11.3. The minimum Gasteiger partial charge on any atom is -0.344 e. The first-order valence-corrected chi connectivity index (χ1v) is 10.2. The Balaban J connectivity index is 0.00000105. The summed E-state index contributed by atoms with van der Waals surface area (Å²) in [6.07, 6.45) is 4.46. The number of aromatic nitrogens is 1. The highest BCUT2D eigenvalue weighted by Crippen LogP contribution is 2.28. The maximum Gasteiger partial charge on any atom is 0.263 e. The van der Waals surface area contributed by atoms with Gasteiger partial charge in [0.25, 0.3) is 5.91 Å². The number of nitrogens with zero attached hydrogens (tertiary/aromatic N) is 1. The van der Waals surface area contributed by atoms with E-state index in [9.17, 15) is 9.18 Å². The number of nitrogens with one attached hydrogen (secondary N) is 1. The van der Waals surface area contributed by atoms with Crippen LogP contribution in [0.25, 0.3) is 10.6 Å². The standard InChI is InChI=1S/C16H16ClFN2OS2.C3H8/c1-3-4-13(9(2)22)20-15(21)14-8-19-16(23-14)10-5-11(17)7-12(18)6-10;1-3-2/h5-8,13H,3-4H2,1-2H3,(H,20,21);3H2,1-2H3/t13-;/m0./s1. The van der Waals surface area contributed by atoms with Crippen LogP contribution in [0.15, 0.2) is 24.4 Å². The van der Waals surface area contributed by atoms with Crippen LogP contribution < -0.4 is 5.32 Å². The van der Waals surface area contributed by atoms with Gasteiger partial charge in [-0.3, -0.25) is 4.79 Å². The number of thiazole rings is 1. The number of carbonyl (C=O) groups is 1. The van der Waals surface area contributed by atoms with E-state index >= 15 is 0 Å². The topological polar surface area (TPSA) is 42.0 Å². The van der Waals surface area contributed by atoms with Gasteiger partial charge < -0.3 is 5.32 Å². The number of amides is 1. The Morgan fingerprint density at radius 2 is 2.00 bits per heavy atom. The molecule has 1 amide bonds. The van der Waals surface area contributed by atoms with Gasteiger partial charge in [0.15, 0.2) is 0 Å². The molecule has 1 atom stereocenters. The molecule has 2 aromatic rings. The van der Waals surface area contributed by atoms with Crippen LogP contribution in [0.3, 0.4) is 0 Å². The predicted octanol–water partition coefficient (Wildman–Crippen LogP) is 6.31. The van der Waals surface area contributed by atoms with Crippen LogP contribution in [0.5, 0.6) is 0 Å². The Kier molecular flexibility index (Phi) is 9.91. The zero-order valence-electron chi connectivity index (χ0n) is 15.4. The van der Waals surface area contributed by atoms with E-state index in [0.29, 0.717) is 20.5 Å². The molecule has 0 radical (unpaired) electrons. The molecule has 26 heavy (non-hydrogen) atoms. The summed E-state index contributed by atoms with van der Waals surface area (Å²) in [5, 5.41) is 3.75. The third kappa shape index (κ3) is 7.09. The van der Waals surface area contributed by atoms with Crippen LogP contribution in [-0.2, 0) is 0 Å². The molecule has 0 saturated heterocycles. The van der Waals surface area contributed by atoms with Crippen molar-refractivity contribution < 1.29 is 9.18 Å². The molecule has 1 heterocycles. The number of halogens is 2. The number of thiocarbonyl (C=S) groups is 1. The Hall–Kier alpha value is -1.37. The lowest BCUT2D eigenvalue weighted by molar-refractivity contribution is 0.0949. The fraction of sp³-hybridized carbons (Fsp3) is 0.421. The number of benzene rings is 1. The molecule has 142 valence electrons. The minimum absolute atomic E-state index is 0.128. The third-order valence-corrected chi connectivity index (χ3v) is 4.76. The maximum atomic E-state index is 13.4. The molecule has 0 aliphatic carbocycles.